The molecule has 1 atom stereocenters. The zero-order valence-corrected chi connectivity index (χ0v) is 15.3. The molecule has 6 heteroatoms. The zero-order valence-electron chi connectivity index (χ0n) is 15.3. The quantitative estimate of drug-likeness (QED) is 0.784. The number of carbonyl (C=O) groups excluding carboxylic acids is 1. The monoisotopic (exact) mass is 357 g/mol. The van der Waals surface area contributed by atoms with Gasteiger partial charge in [0.1, 0.15) is 0 Å². The molecule has 2 aromatic rings. The van der Waals surface area contributed by atoms with Gasteiger partial charge in [-0.05, 0) is 56.7 Å². The molecule has 0 heterocycles. The summed E-state index contributed by atoms with van der Waals surface area (Å²) >= 11 is 0. The first kappa shape index (κ1) is 19.3. The Hall–Kier alpha value is -3.02. The van der Waals surface area contributed by atoms with Gasteiger partial charge in [0.05, 0.1) is 19.1 Å². The van der Waals surface area contributed by atoms with Crippen LogP contribution in [0.3, 0.4) is 0 Å². The molecule has 0 aliphatic rings. The van der Waals surface area contributed by atoms with Crippen molar-refractivity contribution in [3.05, 3.63) is 53.6 Å². The van der Waals surface area contributed by atoms with Gasteiger partial charge in [0.25, 0.3) is 5.91 Å². The third kappa shape index (κ3) is 4.75. The van der Waals surface area contributed by atoms with E-state index in [0.29, 0.717) is 28.3 Å². The van der Waals surface area contributed by atoms with Gasteiger partial charge in [-0.15, -0.1) is 0 Å². The van der Waals surface area contributed by atoms with E-state index < -0.39 is 11.9 Å². The minimum Gasteiger partial charge on any atom is -0.493 e. The van der Waals surface area contributed by atoms with Crippen LogP contribution in [-0.2, 0) is 4.79 Å². The van der Waals surface area contributed by atoms with Crippen molar-refractivity contribution in [1.82, 2.24) is 0 Å². The highest BCUT2D eigenvalue weighted by molar-refractivity contribution is 6.04. The van der Waals surface area contributed by atoms with Gasteiger partial charge in [-0.3, -0.25) is 9.59 Å². The van der Waals surface area contributed by atoms with E-state index in [1.165, 1.54) is 7.11 Å². The second-order valence-electron chi connectivity index (χ2n) is 6.17. The summed E-state index contributed by atoms with van der Waals surface area (Å²) in [6.45, 7) is 5.44. The molecule has 2 aromatic carbocycles. The van der Waals surface area contributed by atoms with Crippen molar-refractivity contribution >= 4 is 17.6 Å². The van der Waals surface area contributed by atoms with Gasteiger partial charge in [0, 0.05) is 11.3 Å². The summed E-state index contributed by atoms with van der Waals surface area (Å²) in [4.78, 5) is 23.5. The number of anilines is 1. The van der Waals surface area contributed by atoms with Crippen molar-refractivity contribution in [2.45, 2.75) is 32.8 Å². The molecule has 0 aromatic heterocycles. The van der Waals surface area contributed by atoms with Gasteiger partial charge in [-0.2, -0.15) is 0 Å². The Morgan fingerprint density at radius 3 is 2.19 bits per heavy atom. The number of hydrogen-bond donors (Lipinski definition) is 2. The number of benzene rings is 2. The summed E-state index contributed by atoms with van der Waals surface area (Å²) in [5.41, 5.74) is 1.69. The maximum atomic E-state index is 12.4. The highest BCUT2D eigenvalue weighted by Gasteiger charge is 2.15. The van der Waals surface area contributed by atoms with E-state index in [4.69, 9.17) is 14.6 Å². The van der Waals surface area contributed by atoms with Crippen molar-refractivity contribution < 1.29 is 24.2 Å². The van der Waals surface area contributed by atoms with Crippen molar-refractivity contribution in [2.75, 3.05) is 12.4 Å². The number of ether oxygens (including phenoxy) is 2. The number of carboxylic acids is 1. The van der Waals surface area contributed by atoms with Crippen LogP contribution in [0.5, 0.6) is 11.5 Å². The molecular weight excluding hydrogens is 334 g/mol. The van der Waals surface area contributed by atoms with Gasteiger partial charge in [0.15, 0.2) is 11.5 Å². The lowest BCUT2D eigenvalue weighted by Crippen LogP contribution is -2.13. The van der Waals surface area contributed by atoms with Crippen LogP contribution in [0, 0.1) is 0 Å². The van der Waals surface area contributed by atoms with Crippen LogP contribution in [0.4, 0.5) is 5.69 Å². The molecule has 0 spiro atoms. The Bertz CT molecular complexity index is 783. The van der Waals surface area contributed by atoms with Crippen molar-refractivity contribution in [2.24, 2.45) is 0 Å². The summed E-state index contributed by atoms with van der Waals surface area (Å²) in [6, 6.07) is 11.7. The van der Waals surface area contributed by atoms with Crippen LogP contribution in [0.25, 0.3) is 0 Å². The van der Waals surface area contributed by atoms with Crippen LogP contribution >= 0.6 is 0 Å². The third-order valence-electron chi connectivity index (χ3n) is 3.83. The standard InChI is InChI=1S/C20H23NO5/c1-12(2)26-17-10-7-15(11-18(17)25-4)19(22)21-16-8-5-14(6-9-16)13(3)20(23)24/h5-13H,1-4H3,(H,21,22)(H,23,24). The number of methoxy groups -OCH3 is 1. The minimum absolute atomic E-state index is 0.00437. The Kier molecular flexibility index (Phi) is 6.22. The fourth-order valence-electron chi connectivity index (χ4n) is 2.36. The molecule has 1 amide bonds. The van der Waals surface area contributed by atoms with Gasteiger partial charge >= 0.3 is 5.97 Å². The average Bonchev–Trinajstić information content (AvgIpc) is 2.61. The molecular formula is C20H23NO5. The second-order valence-corrected chi connectivity index (χ2v) is 6.17. The summed E-state index contributed by atoms with van der Waals surface area (Å²) in [5, 5.41) is 11.8. The molecule has 0 aliphatic carbocycles. The Morgan fingerprint density at radius 2 is 1.65 bits per heavy atom. The Balaban J connectivity index is 2.13. The smallest absolute Gasteiger partial charge is 0.310 e. The van der Waals surface area contributed by atoms with Gasteiger partial charge in [-0.1, -0.05) is 12.1 Å². The molecule has 138 valence electrons. The number of nitrogens with one attached hydrogen (secondary N) is 1. The lowest BCUT2D eigenvalue weighted by molar-refractivity contribution is -0.138. The Morgan fingerprint density at radius 1 is 1.00 bits per heavy atom. The zero-order chi connectivity index (χ0) is 19.3. The third-order valence-corrected chi connectivity index (χ3v) is 3.83. The molecule has 2 N–H and O–H groups in total. The van der Waals surface area contributed by atoms with Crippen LogP contribution in [-0.4, -0.2) is 30.2 Å². The van der Waals surface area contributed by atoms with Crippen LogP contribution < -0.4 is 14.8 Å². The fraction of sp³-hybridized carbons (Fsp3) is 0.300. The maximum Gasteiger partial charge on any atom is 0.310 e. The number of aliphatic carboxylic acids is 1. The van der Waals surface area contributed by atoms with Crippen LogP contribution in [0.15, 0.2) is 42.5 Å². The summed E-state index contributed by atoms with van der Waals surface area (Å²) in [6.07, 6.45) is -0.00437. The van der Waals surface area contributed by atoms with E-state index in [-0.39, 0.29) is 12.0 Å². The summed E-state index contributed by atoms with van der Waals surface area (Å²) in [5.74, 6) is -0.725. The molecule has 6 nitrogen and oxygen atoms in total. The number of rotatable bonds is 7. The molecule has 2 rings (SSSR count). The number of carbonyl (C=O) groups is 2. The fourth-order valence-corrected chi connectivity index (χ4v) is 2.36. The molecule has 0 saturated carbocycles. The topological polar surface area (TPSA) is 84.9 Å². The van der Waals surface area contributed by atoms with E-state index in [0.717, 1.165) is 0 Å². The van der Waals surface area contributed by atoms with Crippen molar-refractivity contribution in [1.29, 1.82) is 0 Å². The van der Waals surface area contributed by atoms with E-state index in [1.807, 2.05) is 13.8 Å². The van der Waals surface area contributed by atoms with Gasteiger partial charge in [0.2, 0.25) is 0 Å². The molecule has 0 radical (unpaired) electrons. The number of hydrogen-bond acceptors (Lipinski definition) is 4. The SMILES string of the molecule is COc1cc(C(=O)Nc2ccc(C(C)C(=O)O)cc2)ccc1OC(C)C. The number of amides is 1. The molecule has 0 saturated heterocycles. The van der Waals surface area contributed by atoms with Crippen molar-refractivity contribution in [3.63, 3.8) is 0 Å². The van der Waals surface area contributed by atoms with Crippen molar-refractivity contribution in [3.8, 4) is 11.5 Å². The summed E-state index contributed by atoms with van der Waals surface area (Å²) < 4.78 is 10.9. The normalized spacial score (nSPS) is 11.7. The van der Waals surface area contributed by atoms with Gasteiger partial charge in [-0.25, -0.2) is 0 Å². The molecule has 0 aliphatic heterocycles. The first-order chi connectivity index (χ1) is 12.3. The molecule has 0 fully saturated rings. The second kappa shape index (κ2) is 8.38. The molecule has 1 unspecified atom stereocenters. The molecule has 26 heavy (non-hydrogen) atoms. The number of carboxylic acid groups (broad SMARTS) is 1. The summed E-state index contributed by atoms with van der Waals surface area (Å²) in [7, 11) is 1.52. The first-order valence-corrected chi connectivity index (χ1v) is 8.30. The maximum absolute atomic E-state index is 12.4. The van der Waals surface area contributed by atoms with Gasteiger partial charge < -0.3 is 19.9 Å². The lowest BCUT2D eigenvalue weighted by atomic mass is 10.0. The molecule has 0 bridgehead atoms. The predicted octanol–water partition coefficient (Wildman–Crippen LogP) is 3.92. The average molecular weight is 357 g/mol. The van der Waals surface area contributed by atoms with E-state index >= 15 is 0 Å². The van der Waals surface area contributed by atoms with Crippen LogP contribution in [0.2, 0.25) is 0 Å². The highest BCUT2D eigenvalue weighted by Crippen LogP contribution is 2.29. The van der Waals surface area contributed by atoms with E-state index in [1.54, 1.807) is 49.4 Å². The highest BCUT2D eigenvalue weighted by atomic mass is 16.5. The van der Waals surface area contributed by atoms with Crippen LogP contribution in [0.1, 0.15) is 42.6 Å². The predicted molar refractivity (Wildman–Crippen MR) is 99.2 cm³/mol. The lowest BCUT2D eigenvalue weighted by Gasteiger charge is -2.14. The minimum atomic E-state index is -0.891. The first-order valence-electron chi connectivity index (χ1n) is 8.30. The Labute approximate surface area is 152 Å². The largest absolute Gasteiger partial charge is 0.493 e. The van der Waals surface area contributed by atoms with E-state index in [9.17, 15) is 9.59 Å². The van der Waals surface area contributed by atoms with E-state index in [2.05, 4.69) is 5.32 Å².